The van der Waals surface area contributed by atoms with E-state index in [0.717, 1.165) is 51.1 Å². The van der Waals surface area contributed by atoms with E-state index in [1.165, 1.54) is 0 Å². The van der Waals surface area contributed by atoms with Crippen LogP contribution >= 0.6 is 0 Å². The highest BCUT2D eigenvalue weighted by atomic mass is 16.3. The number of phenols is 1. The van der Waals surface area contributed by atoms with Gasteiger partial charge in [0.05, 0.1) is 5.52 Å². The van der Waals surface area contributed by atoms with Crippen molar-refractivity contribution in [1.82, 2.24) is 19.8 Å². The first kappa shape index (κ1) is 19.2. The quantitative estimate of drug-likeness (QED) is 0.511. The third-order valence-electron chi connectivity index (χ3n) is 5.54. The zero-order valence-electron chi connectivity index (χ0n) is 17.3. The van der Waals surface area contributed by atoms with Gasteiger partial charge in [0.15, 0.2) is 0 Å². The molecule has 0 aliphatic heterocycles. The van der Waals surface area contributed by atoms with Crippen LogP contribution in [0, 0.1) is 6.92 Å². The van der Waals surface area contributed by atoms with Crippen LogP contribution in [-0.2, 0) is 7.05 Å². The molecule has 4 rings (SSSR count). The molecule has 2 heterocycles. The standard InChI is InChI=1S/C23H26N4O2/c1-14-16-8-10-24-21(23(29)25-9-5-11-26(2)3)18(16)13-19-17-12-15(28)6-7-20(17)27(4)22(14)19/h6-8,10,12-13,28H,5,9,11H2,1-4H3,(H,25,29). The molecule has 0 bridgehead atoms. The van der Waals surface area contributed by atoms with Gasteiger partial charge in [-0.15, -0.1) is 0 Å². The maximum absolute atomic E-state index is 12.8. The topological polar surface area (TPSA) is 70.4 Å². The number of nitrogens with one attached hydrogen (secondary N) is 1. The molecule has 0 radical (unpaired) electrons. The lowest BCUT2D eigenvalue weighted by Crippen LogP contribution is -2.28. The van der Waals surface area contributed by atoms with Gasteiger partial charge in [0, 0.05) is 41.5 Å². The third-order valence-corrected chi connectivity index (χ3v) is 5.54. The molecule has 0 unspecified atom stereocenters. The van der Waals surface area contributed by atoms with E-state index in [1.54, 1.807) is 18.3 Å². The van der Waals surface area contributed by atoms with E-state index in [-0.39, 0.29) is 11.7 Å². The van der Waals surface area contributed by atoms with E-state index in [4.69, 9.17) is 0 Å². The number of nitrogens with zero attached hydrogens (tertiary/aromatic N) is 3. The first-order valence-electron chi connectivity index (χ1n) is 9.81. The van der Waals surface area contributed by atoms with E-state index < -0.39 is 0 Å². The van der Waals surface area contributed by atoms with Crippen molar-refractivity contribution in [3.8, 4) is 5.75 Å². The van der Waals surface area contributed by atoms with Crippen LogP contribution in [0.1, 0.15) is 22.5 Å². The minimum Gasteiger partial charge on any atom is -0.508 e. The van der Waals surface area contributed by atoms with E-state index in [2.05, 4.69) is 26.7 Å². The van der Waals surface area contributed by atoms with Gasteiger partial charge >= 0.3 is 0 Å². The molecule has 1 amide bonds. The molecular weight excluding hydrogens is 364 g/mol. The lowest BCUT2D eigenvalue weighted by atomic mass is 10.00. The van der Waals surface area contributed by atoms with Gasteiger partial charge in [-0.2, -0.15) is 0 Å². The number of carbonyl (C=O) groups is 1. The van der Waals surface area contributed by atoms with Crippen LogP contribution in [-0.4, -0.2) is 52.6 Å². The monoisotopic (exact) mass is 390 g/mol. The van der Waals surface area contributed by atoms with Crippen LogP contribution in [0.15, 0.2) is 36.5 Å². The molecular formula is C23H26N4O2. The highest BCUT2D eigenvalue weighted by Gasteiger charge is 2.18. The number of amides is 1. The number of aromatic hydroxyl groups is 1. The first-order valence-corrected chi connectivity index (χ1v) is 9.81. The Bertz CT molecular complexity index is 1240. The molecule has 0 saturated carbocycles. The predicted molar refractivity (Wildman–Crippen MR) is 118 cm³/mol. The van der Waals surface area contributed by atoms with Crippen LogP contribution in [0.25, 0.3) is 32.6 Å². The molecule has 4 aromatic rings. The molecule has 0 saturated heterocycles. The number of aromatic nitrogens is 2. The SMILES string of the molecule is Cc1c2ccnc(C(=O)NCCCN(C)C)c2cc2c3cc(O)ccc3n(C)c12. The van der Waals surface area contributed by atoms with Crippen molar-refractivity contribution in [1.29, 1.82) is 0 Å². The van der Waals surface area contributed by atoms with Crippen LogP contribution in [0.5, 0.6) is 5.75 Å². The summed E-state index contributed by atoms with van der Waals surface area (Å²) in [6, 6.07) is 9.39. The average molecular weight is 390 g/mol. The van der Waals surface area contributed by atoms with Crippen molar-refractivity contribution in [2.45, 2.75) is 13.3 Å². The Morgan fingerprint density at radius 3 is 2.69 bits per heavy atom. The van der Waals surface area contributed by atoms with Gasteiger partial charge in [0.1, 0.15) is 11.4 Å². The van der Waals surface area contributed by atoms with Gasteiger partial charge in [-0.3, -0.25) is 9.78 Å². The summed E-state index contributed by atoms with van der Waals surface area (Å²) in [6.07, 6.45) is 2.58. The Labute approximate surface area is 169 Å². The fourth-order valence-corrected chi connectivity index (χ4v) is 4.14. The average Bonchev–Trinajstić information content (AvgIpc) is 2.96. The summed E-state index contributed by atoms with van der Waals surface area (Å²) in [6.45, 7) is 3.60. The Morgan fingerprint density at radius 2 is 1.93 bits per heavy atom. The zero-order valence-corrected chi connectivity index (χ0v) is 17.3. The molecule has 150 valence electrons. The lowest BCUT2D eigenvalue weighted by Gasteiger charge is -2.12. The molecule has 6 heteroatoms. The Morgan fingerprint density at radius 1 is 1.14 bits per heavy atom. The van der Waals surface area contributed by atoms with Crippen molar-refractivity contribution in [3.05, 3.63) is 47.8 Å². The normalized spacial score (nSPS) is 11.8. The van der Waals surface area contributed by atoms with Gasteiger partial charge < -0.3 is 19.9 Å². The lowest BCUT2D eigenvalue weighted by molar-refractivity contribution is 0.0949. The molecule has 2 aromatic heterocycles. The van der Waals surface area contributed by atoms with Crippen LogP contribution in [0.3, 0.4) is 0 Å². The number of rotatable bonds is 5. The number of aryl methyl sites for hydroxylation is 2. The second kappa shape index (κ2) is 7.37. The van der Waals surface area contributed by atoms with E-state index in [0.29, 0.717) is 12.2 Å². The second-order valence-corrected chi connectivity index (χ2v) is 7.83. The molecule has 0 aliphatic carbocycles. The van der Waals surface area contributed by atoms with Crippen LogP contribution < -0.4 is 5.32 Å². The van der Waals surface area contributed by atoms with Gasteiger partial charge in [0.2, 0.25) is 0 Å². The van der Waals surface area contributed by atoms with Gasteiger partial charge in [-0.25, -0.2) is 0 Å². The maximum Gasteiger partial charge on any atom is 0.270 e. The number of fused-ring (bicyclic) bond motifs is 4. The Kier molecular flexibility index (Phi) is 4.88. The summed E-state index contributed by atoms with van der Waals surface area (Å²) < 4.78 is 2.14. The number of carbonyl (C=O) groups excluding carboxylic acids is 1. The zero-order chi connectivity index (χ0) is 20.7. The molecule has 29 heavy (non-hydrogen) atoms. The molecule has 0 fully saturated rings. The summed E-state index contributed by atoms with van der Waals surface area (Å²) in [7, 11) is 6.06. The van der Waals surface area contributed by atoms with Crippen LogP contribution in [0.4, 0.5) is 0 Å². The van der Waals surface area contributed by atoms with Gasteiger partial charge in [-0.05, 0) is 75.3 Å². The van der Waals surface area contributed by atoms with Gasteiger partial charge in [-0.1, -0.05) is 0 Å². The Hall–Kier alpha value is -3.12. The predicted octanol–water partition coefficient (Wildman–Crippen LogP) is 3.58. The highest BCUT2D eigenvalue weighted by Crippen LogP contribution is 2.36. The van der Waals surface area contributed by atoms with Crippen molar-refractivity contribution < 1.29 is 9.90 Å². The number of hydrogen-bond acceptors (Lipinski definition) is 4. The van der Waals surface area contributed by atoms with Crippen molar-refractivity contribution in [2.75, 3.05) is 27.2 Å². The summed E-state index contributed by atoms with van der Waals surface area (Å²) >= 11 is 0. The number of phenolic OH excluding ortho intramolecular Hbond substituents is 1. The number of pyridine rings is 1. The van der Waals surface area contributed by atoms with E-state index in [1.807, 2.05) is 39.3 Å². The minimum absolute atomic E-state index is 0.156. The largest absolute Gasteiger partial charge is 0.508 e. The minimum atomic E-state index is -0.156. The Balaban J connectivity index is 1.85. The van der Waals surface area contributed by atoms with Gasteiger partial charge in [0.25, 0.3) is 5.91 Å². The number of hydrogen-bond donors (Lipinski definition) is 2. The fraction of sp³-hybridized carbons (Fsp3) is 0.304. The molecule has 0 spiro atoms. The maximum atomic E-state index is 12.8. The second-order valence-electron chi connectivity index (χ2n) is 7.83. The van der Waals surface area contributed by atoms with E-state index >= 15 is 0 Å². The molecule has 2 aromatic carbocycles. The molecule has 0 aliphatic rings. The summed E-state index contributed by atoms with van der Waals surface area (Å²) in [5.41, 5.74) is 3.68. The smallest absolute Gasteiger partial charge is 0.270 e. The van der Waals surface area contributed by atoms with Crippen molar-refractivity contribution in [3.63, 3.8) is 0 Å². The third kappa shape index (κ3) is 3.29. The molecule has 2 N–H and O–H groups in total. The molecule has 0 atom stereocenters. The summed E-state index contributed by atoms with van der Waals surface area (Å²) in [5.74, 6) is 0.0731. The van der Waals surface area contributed by atoms with Crippen LogP contribution in [0.2, 0.25) is 0 Å². The van der Waals surface area contributed by atoms with E-state index in [9.17, 15) is 9.90 Å². The summed E-state index contributed by atoms with van der Waals surface area (Å²) in [4.78, 5) is 19.3. The van der Waals surface area contributed by atoms with Crippen molar-refractivity contribution >= 4 is 38.5 Å². The highest BCUT2D eigenvalue weighted by molar-refractivity contribution is 6.17. The summed E-state index contributed by atoms with van der Waals surface area (Å²) in [5, 5.41) is 16.8. The fourth-order valence-electron chi connectivity index (χ4n) is 4.14. The molecule has 6 nitrogen and oxygen atoms in total. The van der Waals surface area contributed by atoms with Crippen molar-refractivity contribution in [2.24, 2.45) is 7.05 Å². The first-order chi connectivity index (χ1) is 13.9. The number of benzene rings is 2.